The third-order valence-electron chi connectivity index (χ3n) is 4.13. The van der Waals surface area contributed by atoms with E-state index in [2.05, 4.69) is 21.5 Å². The summed E-state index contributed by atoms with van der Waals surface area (Å²) >= 11 is 0. The minimum absolute atomic E-state index is 0.193. The lowest BCUT2D eigenvalue weighted by atomic mass is 10.1. The number of hydrogen-bond donors (Lipinski definition) is 0. The molecule has 2 aromatic rings. The topological polar surface area (TPSA) is 84.2 Å². The second-order valence-electron chi connectivity index (χ2n) is 5.81. The summed E-state index contributed by atoms with van der Waals surface area (Å²) in [6.07, 6.45) is 0. The molecule has 0 fully saturated rings. The Labute approximate surface area is 139 Å². The first-order valence-corrected chi connectivity index (χ1v) is 7.39. The van der Waals surface area contributed by atoms with E-state index in [1.54, 1.807) is 21.0 Å². The smallest absolute Gasteiger partial charge is 0.299 e. The number of carbonyl (C=O) groups is 1. The van der Waals surface area contributed by atoms with E-state index < -0.39 is 11.7 Å². The lowest BCUT2D eigenvalue weighted by Gasteiger charge is -2.35. The molecule has 0 atom stereocenters. The van der Waals surface area contributed by atoms with Crippen LogP contribution in [0.2, 0.25) is 0 Å². The summed E-state index contributed by atoms with van der Waals surface area (Å²) in [7, 11) is 3.25. The molecule has 8 nitrogen and oxygen atoms in total. The first kappa shape index (κ1) is 15.9. The highest BCUT2D eigenvalue weighted by atomic mass is 16.2. The van der Waals surface area contributed by atoms with Crippen LogP contribution in [0.1, 0.15) is 22.6 Å². The second-order valence-corrected chi connectivity index (χ2v) is 5.81. The molecule has 1 aliphatic rings. The van der Waals surface area contributed by atoms with Crippen LogP contribution in [0.3, 0.4) is 0 Å². The fourth-order valence-corrected chi connectivity index (χ4v) is 2.71. The van der Waals surface area contributed by atoms with E-state index in [0.717, 1.165) is 11.4 Å². The van der Waals surface area contributed by atoms with E-state index in [0.29, 0.717) is 17.0 Å². The molecule has 3 heterocycles. The number of urea groups is 1. The Morgan fingerprint density at radius 1 is 1.00 bits per heavy atom. The lowest BCUT2D eigenvalue weighted by Crippen LogP contribution is -2.45. The number of rotatable bonds is 1. The maximum Gasteiger partial charge on any atom is 0.349 e. The van der Waals surface area contributed by atoms with Gasteiger partial charge in [0.25, 0.3) is 0 Å². The fourth-order valence-electron chi connectivity index (χ4n) is 2.71. The number of nitrogens with zero attached hydrogens (tertiary/aromatic N) is 6. The molecule has 0 bridgehead atoms. The van der Waals surface area contributed by atoms with Gasteiger partial charge in [-0.2, -0.15) is 4.98 Å². The molecule has 0 N–H and O–H groups in total. The van der Waals surface area contributed by atoms with Gasteiger partial charge in [-0.05, 0) is 26.8 Å². The molecule has 1 aliphatic heterocycles. The molecular formula is C16H18N6O2. The van der Waals surface area contributed by atoms with Gasteiger partial charge in [-0.1, -0.05) is 6.58 Å². The normalized spacial score (nSPS) is 14.2. The third-order valence-corrected chi connectivity index (χ3v) is 4.13. The number of anilines is 2. The van der Waals surface area contributed by atoms with Gasteiger partial charge in [-0.25, -0.2) is 24.5 Å². The van der Waals surface area contributed by atoms with E-state index in [9.17, 15) is 9.59 Å². The van der Waals surface area contributed by atoms with Crippen molar-refractivity contribution in [1.29, 1.82) is 0 Å². The van der Waals surface area contributed by atoms with Crippen LogP contribution >= 0.6 is 0 Å². The summed E-state index contributed by atoms with van der Waals surface area (Å²) in [4.78, 5) is 40.4. The number of aromatic nitrogens is 4. The van der Waals surface area contributed by atoms with Crippen LogP contribution in [0.15, 0.2) is 17.4 Å². The standard InChI is InChI=1S/C16H18N6O2/c1-8-7-9(2)18-14(17-8)22-13-12(11(4)21(6)16(22)24)10(3)20(5)15(23)19-13/h7H,4H2,1-3,5-6H3. The molecule has 24 heavy (non-hydrogen) atoms. The number of carbonyl (C=O) groups excluding carboxylic acids is 1. The van der Waals surface area contributed by atoms with E-state index in [1.807, 2.05) is 19.9 Å². The van der Waals surface area contributed by atoms with Gasteiger partial charge in [0, 0.05) is 31.2 Å². The van der Waals surface area contributed by atoms with Gasteiger partial charge < -0.3 is 0 Å². The van der Waals surface area contributed by atoms with Gasteiger partial charge in [-0.3, -0.25) is 9.47 Å². The van der Waals surface area contributed by atoms with Crippen LogP contribution < -0.4 is 10.6 Å². The van der Waals surface area contributed by atoms with Crippen molar-refractivity contribution in [2.75, 3.05) is 11.9 Å². The van der Waals surface area contributed by atoms with Crippen LogP contribution in [-0.4, -0.2) is 37.5 Å². The monoisotopic (exact) mass is 326 g/mol. The Kier molecular flexibility index (Phi) is 3.47. The van der Waals surface area contributed by atoms with Crippen molar-refractivity contribution >= 4 is 23.5 Å². The summed E-state index contributed by atoms with van der Waals surface area (Å²) < 4.78 is 1.42. The van der Waals surface area contributed by atoms with Crippen molar-refractivity contribution in [3.63, 3.8) is 0 Å². The molecule has 124 valence electrons. The molecule has 0 spiro atoms. The summed E-state index contributed by atoms with van der Waals surface area (Å²) in [5.41, 5.74) is 2.77. The van der Waals surface area contributed by atoms with Gasteiger partial charge in [0.15, 0.2) is 5.82 Å². The van der Waals surface area contributed by atoms with Crippen LogP contribution in [0.4, 0.5) is 16.6 Å². The van der Waals surface area contributed by atoms with Crippen LogP contribution in [-0.2, 0) is 7.05 Å². The van der Waals surface area contributed by atoms with Crippen molar-refractivity contribution < 1.29 is 4.79 Å². The van der Waals surface area contributed by atoms with Gasteiger partial charge in [0.05, 0.1) is 11.3 Å². The Balaban J connectivity index is 2.36. The van der Waals surface area contributed by atoms with Crippen molar-refractivity contribution in [1.82, 2.24) is 24.4 Å². The Morgan fingerprint density at radius 3 is 2.17 bits per heavy atom. The Bertz CT molecular complexity index is 926. The zero-order valence-electron chi connectivity index (χ0n) is 14.3. The van der Waals surface area contributed by atoms with Gasteiger partial charge in [-0.15, -0.1) is 0 Å². The van der Waals surface area contributed by atoms with Gasteiger partial charge in [0.1, 0.15) is 0 Å². The molecule has 0 unspecified atom stereocenters. The minimum Gasteiger partial charge on any atom is -0.299 e. The number of hydrogen-bond acceptors (Lipinski definition) is 5. The van der Waals surface area contributed by atoms with Crippen LogP contribution in [0.25, 0.3) is 5.70 Å². The Hall–Kier alpha value is -3.03. The molecule has 0 saturated heterocycles. The quantitative estimate of drug-likeness (QED) is 0.796. The highest BCUT2D eigenvalue weighted by Gasteiger charge is 2.37. The molecule has 0 radical (unpaired) electrons. The maximum absolute atomic E-state index is 12.8. The average Bonchev–Trinajstić information content (AvgIpc) is 2.49. The molecule has 3 rings (SSSR count). The first-order chi connectivity index (χ1) is 11.2. The van der Waals surface area contributed by atoms with Crippen molar-refractivity contribution in [2.45, 2.75) is 20.8 Å². The van der Waals surface area contributed by atoms with Crippen LogP contribution in [0, 0.1) is 20.8 Å². The first-order valence-electron chi connectivity index (χ1n) is 7.39. The van der Waals surface area contributed by atoms with E-state index in [-0.39, 0.29) is 11.8 Å². The fraction of sp³-hybridized carbons (Fsp3) is 0.312. The van der Waals surface area contributed by atoms with Crippen molar-refractivity contribution in [3.8, 4) is 0 Å². The van der Waals surface area contributed by atoms with Gasteiger partial charge >= 0.3 is 11.7 Å². The van der Waals surface area contributed by atoms with E-state index >= 15 is 0 Å². The zero-order chi connectivity index (χ0) is 17.8. The number of fused-ring (bicyclic) bond motifs is 1. The van der Waals surface area contributed by atoms with Crippen LogP contribution in [0.5, 0.6) is 0 Å². The highest BCUT2D eigenvalue weighted by Crippen LogP contribution is 2.37. The Morgan fingerprint density at radius 2 is 1.58 bits per heavy atom. The largest absolute Gasteiger partial charge is 0.349 e. The second kappa shape index (κ2) is 5.26. The van der Waals surface area contributed by atoms with Crippen molar-refractivity contribution in [3.05, 3.63) is 45.8 Å². The maximum atomic E-state index is 12.8. The lowest BCUT2D eigenvalue weighted by molar-refractivity contribution is 0.231. The molecule has 2 aromatic heterocycles. The molecule has 0 aliphatic carbocycles. The summed E-state index contributed by atoms with van der Waals surface area (Å²) in [5, 5.41) is 0. The van der Waals surface area contributed by atoms with Crippen molar-refractivity contribution in [2.24, 2.45) is 7.05 Å². The predicted octanol–water partition coefficient (Wildman–Crippen LogP) is 1.67. The predicted molar refractivity (Wildman–Crippen MR) is 90.1 cm³/mol. The summed E-state index contributed by atoms with van der Waals surface area (Å²) in [6, 6.07) is 1.40. The highest BCUT2D eigenvalue weighted by molar-refractivity contribution is 6.07. The third kappa shape index (κ3) is 2.18. The van der Waals surface area contributed by atoms with Gasteiger partial charge in [0.2, 0.25) is 5.95 Å². The zero-order valence-corrected chi connectivity index (χ0v) is 14.3. The minimum atomic E-state index is -0.453. The SMILES string of the molecule is C=C1c2c(nc(=O)n(C)c2C)N(c2nc(C)cc(C)n2)C(=O)N1C. The average molecular weight is 326 g/mol. The van der Waals surface area contributed by atoms with E-state index in [1.165, 1.54) is 14.4 Å². The number of amides is 2. The number of aryl methyl sites for hydroxylation is 2. The molecule has 2 amide bonds. The summed E-state index contributed by atoms with van der Waals surface area (Å²) in [5.74, 6) is 0.409. The van der Waals surface area contributed by atoms with E-state index in [4.69, 9.17) is 0 Å². The molecule has 0 saturated carbocycles. The molecule has 0 aromatic carbocycles. The summed E-state index contributed by atoms with van der Waals surface area (Å²) in [6.45, 7) is 9.39. The molecule has 8 heteroatoms. The molecular weight excluding hydrogens is 308 g/mol.